The van der Waals surface area contributed by atoms with Gasteiger partial charge in [-0.2, -0.15) is 0 Å². The Morgan fingerprint density at radius 3 is 2.82 bits per heavy atom. The number of ether oxygens (including phenoxy) is 2. The summed E-state index contributed by atoms with van der Waals surface area (Å²) < 4.78 is 11.5. The van der Waals surface area contributed by atoms with Crippen LogP contribution in [0.15, 0.2) is 24.3 Å². The monoisotopic (exact) mass is 304 g/mol. The van der Waals surface area contributed by atoms with Crippen LogP contribution in [0.3, 0.4) is 0 Å². The largest absolute Gasteiger partial charge is 0.494 e. The van der Waals surface area contributed by atoms with Gasteiger partial charge in [-0.3, -0.25) is 4.79 Å². The minimum atomic E-state index is -0.0905. The van der Waals surface area contributed by atoms with Crippen molar-refractivity contribution in [2.45, 2.75) is 70.8 Å². The maximum absolute atomic E-state index is 11.7. The molecule has 2 atom stereocenters. The van der Waals surface area contributed by atoms with Gasteiger partial charge in [0.15, 0.2) is 0 Å². The van der Waals surface area contributed by atoms with E-state index in [9.17, 15) is 4.79 Å². The van der Waals surface area contributed by atoms with Crippen LogP contribution in [0, 0.1) is 0 Å². The Balaban J connectivity index is 2.06. The quantitative estimate of drug-likeness (QED) is 0.534. The lowest BCUT2D eigenvalue weighted by Gasteiger charge is -2.31. The molecule has 1 fully saturated rings. The van der Waals surface area contributed by atoms with E-state index >= 15 is 0 Å². The molecule has 0 aromatic heterocycles. The summed E-state index contributed by atoms with van der Waals surface area (Å²) in [6.45, 7) is 4.77. The Kier molecular flexibility index (Phi) is 6.75. The second-order valence-electron chi connectivity index (χ2n) is 6.05. The van der Waals surface area contributed by atoms with Gasteiger partial charge in [-0.1, -0.05) is 38.8 Å². The summed E-state index contributed by atoms with van der Waals surface area (Å²) in [4.78, 5) is 11.7. The van der Waals surface area contributed by atoms with Gasteiger partial charge in [-0.05, 0) is 43.4 Å². The number of hydrogen-bond donors (Lipinski definition) is 0. The Labute approximate surface area is 134 Å². The van der Waals surface area contributed by atoms with Gasteiger partial charge < -0.3 is 9.47 Å². The van der Waals surface area contributed by atoms with Crippen LogP contribution in [-0.4, -0.2) is 18.7 Å². The molecular formula is C19H28O3. The van der Waals surface area contributed by atoms with Gasteiger partial charge in [0.05, 0.1) is 6.61 Å². The van der Waals surface area contributed by atoms with Crippen LogP contribution < -0.4 is 4.74 Å². The van der Waals surface area contributed by atoms with Crippen molar-refractivity contribution in [1.82, 2.24) is 0 Å². The van der Waals surface area contributed by atoms with E-state index in [0.717, 1.165) is 44.5 Å². The number of rotatable bonds is 7. The zero-order valence-electron chi connectivity index (χ0n) is 13.8. The van der Waals surface area contributed by atoms with Crippen molar-refractivity contribution in [2.75, 3.05) is 6.61 Å². The van der Waals surface area contributed by atoms with Gasteiger partial charge in [0, 0.05) is 12.3 Å². The van der Waals surface area contributed by atoms with Gasteiger partial charge >= 0.3 is 5.97 Å². The highest BCUT2D eigenvalue weighted by Crippen LogP contribution is 2.36. The predicted molar refractivity (Wildman–Crippen MR) is 88.2 cm³/mol. The molecule has 2 unspecified atom stereocenters. The van der Waals surface area contributed by atoms with E-state index < -0.39 is 0 Å². The lowest BCUT2D eigenvalue weighted by Crippen LogP contribution is -2.28. The molecule has 0 heterocycles. The maximum atomic E-state index is 11.7. The van der Waals surface area contributed by atoms with Crippen LogP contribution in [0.1, 0.15) is 70.3 Å². The fourth-order valence-electron chi connectivity index (χ4n) is 3.04. The highest BCUT2D eigenvalue weighted by molar-refractivity contribution is 5.69. The summed E-state index contributed by atoms with van der Waals surface area (Å²) in [6, 6.07) is 8.31. The van der Waals surface area contributed by atoms with Gasteiger partial charge in [0.2, 0.25) is 0 Å². The Hall–Kier alpha value is -1.51. The van der Waals surface area contributed by atoms with Crippen molar-refractivity contribution in [3.05, 3.63) is 29.8 Å². The topological polar surface area (TPSA) is 35.5 Å². The molecule has 1 aliphatic rings. The highest BCUT2D eigenvalue weighted by atomic mass is 16.5. The first-order valence-electron chi connectivity index (χ1n) is 8.66. The lowest BCUT2D eigenvalue weighted by atomic mass is 9.81. The zero-order valence-corrected chi connectivity index (χ0v) is 13.8. The molecule has 0 N–H and O–H groups in total. The molecule has 3 heteroatoms. The summed E-state index contributed by atoms with van der Waals surface area (Å²) in [5.41, 5.74) is 1.24. The fourth-order valence-corrected chi connectivity index (χ4v) is 3.04. The van der Waals surface area contributed by atoms with Crippen LogP contribution in [-0.2, 0) is 9.53 Å². The van der Waals surface area contributed by atoms with Crippen molar-refractivity contribution in [3.8, 4) is 5.75 Å². The van der Waals surface area contributed by atoms with E-state index in [0.29, 0.717) is 12.3 Å². The lowest BCUT2D eigenvalue weighted by molar-refractivity contribution is -0.151. The molecule has 2 rings (SSSR count). The first kappa shape index (κ1) is 16.9. The van der Waals surface area contributed by atoms with Crippen LogP contribution >= 0.6 is 0 Å². The molecule has 122 valence electrons. The molecule has 0 spiro atoms. The SMILES string of the molecule is CCCCOc1cccc(C2CCCCC2OC(=O)CC)c1. The number of carbonyl (C=O) groups is 1. The molecule has 3 nitrogen and oxygen atoms in total. The zero-order chi connectivity index (χ0) is 15.8. The highest BCUT2D eigenvalue weighted by Gasteiger charge is 2.29. The molecule has 0 amide bonds. The molecule has 22 heavy (non-hydrogen) atoms. The summed E-state index contributed by atoms with van der Waals surface area (Å²) in [5.74, 6) is 1.14. The van der Waals surface area contributed by atoms with E-state index in [4.69, 9.17) is 9.47 Å². The summed E-state index contributed by atoms with van der Waals surface area (Å²) in [6.07, 6.45) is 7.08. The Bertz CT molecular complexity index is 470. The van der Waals surface area contributed by atoms with Crippen molar-refractivity contribution in [1.29, 1.82) is 0 Å². The number of carbonyl (C=O) groups excluding carboxylic acids is 1. The Morgan fingerprint density at radius 1 is 1.23 bits per heavy atom. The second-order valence-corrected chi connectivity index (χ2v) is 6.05. The summed E-state index contributed by atoms with van der Waals surface area (Å²) in [7, 11) is 0. The number of benzene rings is 1. The number of esters is 1. The van der Waals surface area contributed by atoms with Crippen LogP contribution in [0.5, 0.6) is 5.75 Å². The first-order valence-corrected chi connectivity index (χ1v) is 8.66. The van der Waals surface area contributed by atoms with Crippen molar-refractivity contribution in [2.24, 2.45) is 0 Å². The molecule has 0 aliphatic heterocycles. The van der Waals surface area contributed by atoms with E-state index in [1.54, 1.807) is 0 Å². The van der Waals surface area contributed by atoms with Gasteiger partial charge in [0.1, 0.15) is 11.9 Å². The van der Waals surface area contributed by atoms with Crippen LogP contribution in [0.25, 0.3) is 0 Å². The van der Waals surface area contributed by atoms with Crippen LogP contribution in [0.4, 0.5) is 0 Å². The third kappa shape index (κ3) is 4.75. The standard InChI is InChI=1S/C19H28O3/c1-3-5-13-21-16-10-8-9-15(14-16)17-11-6-7-12-18(17)22-19(20)4-2/h8-10,14,17-18H,3-7,11-13H2,1-2H3. The number of unbranched alkanes of at least 4 members (excludes halogenated alkanes) is 1. The Morgan fingerprint density at radius 2 is 2.05 bits per heavy atom. The molecule has 1 saturated carbocycles. The van der Waals surface area contributed by atoms with E-state index in [2.05, 4.69) is 19.1 Å². The molecule has 0 radical (unpaired) electrons. The smallest absolute Gasteiger partial charge is 0.305 e. The van der Waals surface area contributed by atoms with Crippen molar-refractivity contribution in [3.63, 3.8) is 0 Å². The molecule has 0 bridgehead atoms. The van der Waals surface area contributed by atoms with Gasteiger partial charge in [0.25, 0.3) is 0 Å². The average Bonchev–Trinajstić information content (AvgIpc) is 2.56. The fraction of sp³-hybridized carbons (Fsp3) is 0.632. The molecule has 0 saturated heterocycles. The molecule has 1 aliphatic carbocycles. The normalized spacial score (nSPS) is 21.4. The van der Waals surface area contributed by atoms with E-state index in [1.807, 2.05) is 19.1 Å². The van der Waals surface area contributed by atoms with Crippen LogP contribution in [0.2, 0.25) is 0 Å². The first-order chi connectivity index (χ1) is 10.7. The van der Waals surface area contributed by atoms with Crippen molar-refractivity contribution < 1.29 is 14.3 Å². The molecule has 1 aromatic rings. The van der Waals surface area contributed by atoms with Gasteiger partial charge in [-0.15, -0.1) is 0 Å². The third-order valence-electron chi connectivity index (χ3n) is 4.33. The average molecular weight is 304 g/mol. The second kappa shape index (κ2) is 8.82. The third-order valence-corrected chi connectivity index (χ3v) is 4.33. The molecule has 1 aromatic carbocycles. The minimum Gasteiger partial charge on any atom is -0.494 e. The van der Waals surface area contributed by atoms with Crippen molar-refractivity contribution >= 4 is 5.97 Å². The minimum absolute atomic E-state index is 0.0205. The predicted octanol–water partition coefficient (Wildman–Crippen LogP) is 4.84. The van der Waals surface area contributed by atoms with E-state index in [-0.39, 0.29) is 12.1 Å². The van der Waals surface area contributed by atoms with Gasteiger partial charge in [-0.25, -0.2) is 0 Å². The summed E-state index contributed by atoms with van der Waals surface area (Å²) in [5, 5.41) is 0. The molecular weight excluding hydrogens is 276 g/mol. The van der Waals surface area contributed by atoms with E-state index in [1.165, 1.54) is 12.0 Å². The number of hydrogen-bond acceptors (Lipinski definition) is 3. The maximum Gasteiger partial charge on any atom is 0.305 e. The summed E-state index contributed by atoms with van der Waals surface area (Å²) >= 11 is 0.